The van der Waals surface area contributed by atoms with Gasteiger partial charge in [0.05, 0.1) is 23.7 Å². The smallest absolute Gasteiger partial charge is 0.340 e. The molecule has 7 nitrogen and oxygen atoms in total. The number of hydrogen-bond acceptors (Lipinski definition) is 4. The van der Waals surface area contributed by atoms with Crippen LogP contribution in [0.3, 0.4) is 0 Å². The molecule has 138 valence electrons. The predicted molar refractivity (Wildman–Crippen MR) is 80.3 cm³/mol. The van der Waals surface area contributed by atoms with E-state index in [2.05, 4.69) is 16.3 Å². The first kappa shape index (κ1) is 16.9. The lowest BCUT2D eigenvalue weighted by Crippen LogP contribution is -2.64. The third kappa shape index (κ3) is 2.22. The fourth-order valence-corrected chi connectivity index (χ4v) is 4.08. The molecule has 1 saturated carbocycles. The molecule has 0 radical (unpaired) electrons. The Morgan fingerprint density at radius 1 is 1.27 bits per heavy atom. The van der Waals surface area contributed by atoms with Gasteiger partial charge in [0.15, 0.2) is 0 Å². The minimum Gasteiger partial charge on any atom is -0.340 e. The van der Waals surface area contributed by atoms with Crippen molar-refractivity contribution >= 4 is 11.8 Å². The van der Waals surface area contributed by atoms with Gasteiger partial charge in [-0.1, -0.05) is 0 Å². The van der Waals surface area contributed by atoms with Crippen LogP contribution in [0.4, 0.5) is 13.2 Å². The number of carbonyl (C=O) groups excluding carboxylic acids is 2. The minimum absolute atomic E-state index is 0.0804. The average molecular weight is 367 g/mol. The Bertz CT molecular complexity index is 788. The first-order valence-electron chi connectivity index (χ1n) is 8.26. The largest absolute Gasteiger partial charge is 0.403 e. The highest BCUT2D eigenvalue weighted by atomic mass is 19.4. The van der Waals surface area contributed by atoms with Gasteiger partial charge in [-0.25, -0.2) is 0 Å². The SMILES string of the molecule is N#CC1CN(C(=O)c2cn[nH]c2)CC12CN(C(=O)C1(C(F)(F)F)CC1)C2. The molecule has 10 heteroatoms. The second-order valence-corrected chi connectivity index (χ2v) is 7.46. The molecule has 1 aromatic rings. The van der Waals surface area contributed by atoms with E-state index in [9.17, 15) is 28.0 Å². The monoisotopic (exact) mass is 367 g/mol. The molecule has 0 bridgehead atoms. The van der Waals surface area contributed by atoms with Gasteiger partial charge in [-0.15, -0.1) is 0 Å². The fraction of sp³-hybridized carbons (Fsp3) is 0.625. The molecule has 0 aromatic carbocycles. The molecule has 1 N–H and O–H groups in total. The summed E-state index contributed by atoms with van der Waals surface area (Å²) in [5.41, 5.74) is -2.52. The van der Waals surface area contributed by atoms with Crippen LogP contribution in [0.1, 0.15) is 23.2 Å². The fourth-order valence-electron chi connectivity index (χ4n) is 4.08. The molecule has 1 aromatic heterocycles. The van der Waals surface area contributed by atoms with Crippen LogP contribution in [-0.4, -0.2) is 64.2 Å². The van der Waals surface area contributed by atoms with Gasteiger partial charge in [-0.05, 0) is 12.8 Å². The molecule has 1 spiro atoms. The quantitative estimate of drug-likeness (QED) is 0.849. The van der Waals surface area contributed by atoms with E-state index >= 15 is 0 Å². The number of halogens is 3. The summed E-state index contributed by atoms with van der Waals surface area (Å²) >= 11 is 0. The van der Waals surface area contributed by atoms with Gasteiger partial charge < -0.3 is 9.80 Å². The van der Waals surface area contributed by atoms with Crippen LogP contribution in [0.5, 0.6) is 0 Å². The van der Waals surface area contributed by atoms with Crippen LogP contribution in [0, 0.1) is 28.1 Å². The Labute approximate surface area is 146 Å². The normalized spacial score (nSPS) is 25.7. The second-order valence-electron chi connectivity index (χ2n) is 7.46. The Kier molecular flexibility index (Phi) is 3.39. The minimum atomic E-state index is -4.54. The Morgan fingerprint density at radius 2 is 1.92 bits per heavy atom. The van der Waals surface area contributed by atoms with E-state index in [0.717, 1.165) is 0 Å². The number of aromatic nitrogens is 2. The van der Waals surface area contributed by atoms with Crippen LogP contribution in [0.15, 0.2) is 12.4 Å². The maximum atomic E-state index is 13.1. The molecule has 1 unspecified atom stereocenters. The first-order chi connectivity index (χ1) is 12.2. The molecule has 2 saturated heterocycles. The summed E-state index contributed by atoms with van der Waals surface area (Å²) in [6, 6.07) is 2.15. The van der Waals surface area contributed by atoms with Crippen molar-refractivity contribution in [3.8, 4) is 6.07 Å². The molecule has 2 aliphatic heterocycles. The highest BCUT2D eigenvalue weighted by Gasteiger charge is 2.71. The van der Waals surface area contributed by atoms with Crippen molar-refractivity contribution in [1.82, 2.24) is 20.0 Å². The van der Waals surface area contributed by atoms with Crippen molar-refractivity contribution < 1.29 is 22.8 Å². The van der Waals surface area contributed by atoms with Gasteiger partial charge in [0, 0.05) is 37.8 Å². The molecule has 26 heavy (non-hydrogen) atoms. The van der Waals surface area contributed by atoms with Crippen LogP contribution in [0.2, 0.25) is 0 Å². The first-order valence-corrected chi connectivity index (χ1v) is 8.26. The van der Waals surface area contributed by atoms with Gasteiger partial charge in [0.25, 0.3) is 5.91 Å². The number of nitriles is 1. The molecule has 3 fully saturated rings. The molecule has 1 aliphatic carbocycles. The zero-order chi connectivity index (χ0) is 18.7. The van der Waals surface area contributed by atoms with E-state index < -0.39 is 28.8 Å². The molecular weight excluding hydrogens is 351 g/mol. The van der Waals surface area contributed by atoms with Gasteiger partial charge in [-0.3, -0.25) is 14.7 Å². The third-order valence-corrected chi connectivity index (χ3v) is 5.84. The van der Waals surface area contributed by atoms with E-state index in [0.29, 0.717) is 5.56 Å². The summed E-state index contributed by atoms with van der Waals surface area (Å²) in [4.78, 5) is 27.5. The Morgan fingerprint density at radius 3 is 2.42 bits per heavy atom. The van der Waals surface area contributed by atoms with Crippen LogP contribution in [0.25, 0.3) is 0 Å². The zero-order valence-corrected chi connectivity index (χ0v) is 13.7. The highest BCUT2D eigenvalue weighted by Crippen LogP contribution is 2.60. The molecule has 1 atom stereocenters. The number of H-pyrrole nitrogens is 1. The van der Waals surface area contributed by atoms with Crippen LogP contribution in [-0.2, 0) is 4.79 Å². The summed E-state index contributed by atoms with van der Waals surface area (Å²) in [6.45, 7) is 0.610. The van der Waals surface area contributed by atoms with Gasteiger partial charge in [0.2, 0.25) is 5.91 Å². The summed E-state index contributed by atoms with van der Waals surface area (Å²) in [5.74, 6) is -1.69. The lowest BCUT2D eigenvalue weighted by atomic mass is 9.71. The number of rotatable bonds is 2. The number of aromatic amines is 1. The van der Waals surface area contributed by atoms with Crippen molar-refractivity contribution in [3.05, 3.63) is 18.0 Å². The maximum absolute atomic E-state index is 13.1. The van der Waals surface area contributed by atoms with Crippen LogP contribution < -0.4 is 0 Å². The lowest BCUT2D eigenvalue weighted by molar-refractivity contribution is -0.204. The highest BCUT2D eigenvalue weighted by molar-refractivity contribution is 5.94. The van der Waals surface area contributed by atoms with Crippen molar-refractivity contribution in [2.75, 3.05) is 26.2 Å². The molecular formula is C16H16F3N5O2. The summed E-state index contributed by atoms with van der Waals surface area (Å²) in [6.07, 6.45) is -2.06. The van der Waals surface area contributed by atoms with Gasteiger partial charge in [0.1, 0.15) is 5.41 Å². The van der Waals surface area contributed by atoms with E-state index in [-0.39, 0.29) is 44.9 Å². The number of hydrogen-bond donors (Lipinski definition) is 1. The van der Waals surface area contributed by atoms with Crippen molar-refractivity contribution in [2.24, 2.45) is 16.7 Å². The standard InChI is InChI=1S/C16H16F3N5O2/c17-16(18,19)15(1-2-15)13(26)24-8-14(9-24)7-23(6-11(14)3-20)12(25)10-4-21-22-5-10/h4-5,11H,1-2,6-9H2,(H,21,22). The molecule has 3 heterocycles. The maximum Gasteiger partial charge on any atom is 0.403 e. The summed E-state index contributed by atoms with van der Waals surface area (Å²) in [7, 11) is 0. The van der Waals surface area contributed by atoms with E-state index in [4.69, 9.17) is 0 Å². The average Bonchev–Trinajstić information content (AvgIpc) is 3.05. The van der Waals surface area contributed by atoms with E-state index in [1.165, 1.54) is 22.2 Å². The van der Waals surface area contributed by atoms with Gasteiger partial charge in [-0.2, -0.15) is 23.5 Å². The van der Waals surface area contributed by atoms with Gasteiger partial charge >= 0.3 is 6.18 Å². The number of nitrogens with zero attached hydrogens (tertiary/aromatic N) is 4. The predicted octanol–water partition coefficient (Wildman–Crippen LogP) is 1.18. The summed E-state index contributed by atoms with van der Waals surface area (Å²) in [5, 5.41) is 15.7. The topological polar surface area (TPSA) is 93.1 Å². The third-order valence-electron chi connectivity index (χ3n) is 5.84. The van der Waals surface area contributed by atoms with E-state index in [1.807, 2.05) is 0 Å². The number of nitrogens with one attached hydrogen (secondary N) is 1. The number of likely N-dealkylation sites (tertiary alicyclic amines) is 2. The van der Waals surface area contributed by atoms with Crippen molar-refractivity contribution in [2.45, 2.75) is 19.0 Å². The second kappa shape index (κ2) is 5.22. The molecule has 3 aliphatic rings. The zero-order valence-electron chi connectivity index (χ0n) is 13.7. The summed E-state index contributed by atoms with van der Waals surface area (Å²) < 4.78 is 39.4. The number of carbonyl (C=O) groups is 2. The van der Waals surface area contributed by atoms with E-state index in [1.54, 1.807) is 0 Å². The molecule has 2 amide bonds. The lowest BCUT2D eigenvalue weighted by Gasteiger charge is -2.50. The Balaban J connectivity index is 1.46. The van der Waals surface area contributed by atoms with Crippen molar-refractivity contribution in [3.63, 3.8) is 0 Å². The number of amides is 2. The Hall–Kier alpha value is -2.57. The number of alkyl halides is 3. The van der Waals surface area contributed by atoms with Crippen molar-refractivity contribution in [1.29, 1.82) is 5.26 Å². The van der Waals surface area contributed by atoms with Crippen LogP contribution >= 0.6 is 0 Å². The molecule has 4 rings (SSSR count).